The van der Waals surface area contributed by atoms with E-state index in [-0.39, 0.29) is 23.8 Å². The highest BCUT2D eigenvalue weighted by Crippen LogP contribution is 2.30. The number of amides is 1. The highest BCUT2D eigenvalue weighted by Gasteiger charge is 2.31. The van der Waals surface area contributed by atoms with Crippen LogP contribution in [0.25, 0.3) is 0 Å². The van der Waals surface area contributed by atoms with Crippen molar-refractivity contribution in [2.45, 2.75) is 24.3 Å². The topological polar surface area (TPSA) is 102 Å². The van der Waals surface area contributed by atoms with E-state index < -0.39 is 22.0 Å². The molecular formula is C26H28N2O6S. The Morgan fingerprint density at radius 3 is 2.14 bits per heavy atom. The van der Waals surface area contributed by atoms with Crippen LogP contribution in [0.5, 0.6) is 5.75 Å². The van der Waals surface area contributed by atoms with E-state index in [0.29, 0.717) is 22.6 Å². The lowest BCUT2D eigenvalue weighted by Crippen LogP contribution is -2.33. The maximum atomic E-state index is 13.3. The van der Waals surface area contributed by atoms with Crippen LogP contribution in [-0.2, 0) is 19.6 Å². The first-order valence-corrected chi connectivity index (χ1v) is 12.4. The number of sulfonamides is 1. The van der Waals surface area contributed by atoms with Crippen LogP contribution in [0.2, 0.25) is 0 Å². The summed E-state index contributed by atoms with van der Waals surface area (Å²) in [6, 6.07) is 20.5. The normalized spacial score (nSPS) is 12.1. The van der Waals surface area contributed by atoms with Crippen molar-refractivity contribution >= 4 is 27.6 Å². The zero-order chi connectivity index (χ0) is 25.4. The number of anilines is 1. The molecule has 3 aromatic carbocycles. The maximum Gasteiger partial charge on any atom is 0.338 e. The number of nitrogens with zero attached hydrogens (tertiary/aromatic N) is 1. The van der Waals surface area contributed by atoms with E-state index in [2.05, 4.69) is 5.32 Å². The molecule has 0 radical (unpaired) electrons. The summed E-state index contributed by atoms with van der Waals surface area (Å²) in [6.07, 6.45) is -0.130. The highest BCUT2D eigenvalue weighted by molar-refractivity contribution is 7.89. The van der Waals surface area contributed by atoms with E-state index in [1.807, 2.05) is 0 Å². The largest absolute Gasteiger partial charge is 0.497 e. The van der Waals surface area contributed by atoms with Gasteiger partial charge >= 0.3 is 5.97 Å². The summed E-state index contributed by atoms with van der Waals surface area (Å²) in [5.41, 5.74) is 1.49. The molecule has 184 valence electrons. The van der Waals surface area contributed by atoms with Crippen molar-refractivity contribution in [2.24, 2.45) is 0 Å². The van der Waals surface area contributed by atoms with Gasteiger partial charge in [-0.3, -0.25) is 4.79 Å². The van der Waals surface area contributed by atoms with Crippen molar-refractivity contribution in [2.75, 3.05) is 26.1 Å². The highest BCUT2D eigenvalue weighted by atomic mass is 32.2. The molecule has 1 atom stereocenters. The number of carbonyl (C=O) groups is 2. The molecule has 0 saturated carbocycles. The second-order valence-electron chi connectivity index (χ2n) is 7.67. The second kappa shape index (κ2) is 11.6. The predicted octanol–water partition coefficient (Wildman–Crippen LogP) is 4.26. The SMILES string of the molecule is CCOC(=O)c1ccc(NC(=O)C[C@@H](c2ccc(OC)cc2)N(C)S(=O)(=O)c2ccccc2)cc1. The molecule has 1 N–H and O–H groups in total. The van der Waals surface area contributed by atoms with Crippen LogP contribution in [0.1, 0.15) is 35.3 Å². The molecule has 0 saturated heterocycles. The summed E-state index contributed by atoms with van der Waals surface area (Å²) < 4.78 is 38.0. The molecule has 3 rings (SSSR count). The molecule has 0 heterocycles. The van der Waals surface area contributed by atoms with Crippen LogP contribution in [0.3, 0.4) is 0 Å². The van der Waals surface area contributed by atoms with Crippen molar-refractivity contribution in [1.82, 2.24) is 4.31 Å². The van der Waals surface area contributed by atoms with Crippen LogP contribution >= 0.6 is 0 Å². The van der Waals surface area contributed by atoms with E-state index in [0.717, 1.165) is 0 Å². The molecule has 9 heteroatoms. The van der Waals surface area contributed by atoms with E-state index in [1.54, 1.807) is 80.8 Å². The first-order valence-electron chi connectivity index (χ1n) is 11.0. The van der Waals surface area contributed by atoms with E-state index in [4.69, 9.17) is 9.47 Å². The molecule has 0 bridgehead atoms. The molecule has 0 aliphatic carbocycles. The fourth-order valence-electron chi connectivity index (χ4n) is 3.50. The molecule has 3 aromatic rings. The van der Waals surface area contributed by atoms with E-state index in [1.165, 1.54) is 23.5 Å². The third-order valence-electron chi connectivity index (χ3n) is 5.42. The summed E-state index contributed by atoms with van der Waals surface area (Å²) in [7, 11) is -0.873. The summed E-state index contributed by atoms with van der Waals surface area (Å²) in [5.74, 6) is -0.213. The lowest BCUT2D eigenvalue weighted by atomic mass is 10.0. The first-order chi connectivity index (χ1) is 16.8. The Balaban J connectivity index is 1.84. The minimum absolute atomic E-state index is 0.130. The smallest absolute Gasteiger partial charge is 0.338 e. The Morgan fingerprint density at radius 2 is 1.57 bits per heavy atom. The summed E-state index contributed by atoms with van der Waals surface area (Å²) in [5, 5.41) is 2.77. The van der Waals surface area contributed by atoms with Gasteiger partial charge in [-0.15, -0.1) is 0 Å². The Hall–Kier alpha value is -3.69. The summed E-state index contributed by atoms with van der Waals surface area (Å²) in [6.45, 7) is 1.99. The van der Waals surface area contributed by atoms with Crippen molar-refractivity contribution in [3.63, 3.8) is 0 Å². The van der Waals surface area contributed by atoms with Gasteiger partial charge in [-0.1, -0.05) is 30.3 Å². The molecule has 0 fully saturated rings. The average molecular weight is 497 g/mol. The summed E-state index contributed by atoms with van der Waals surface area (Å²) >= 11 is 0. The lowest BCUT2D eigenvalue weighted by Gasteiger charge is -2.28. The van der Waals surface area contributed by atoms with Gasteiger partial charge in [0.15, 0.2) is 0 Å². The fraction of sp³-hybridized carbons (Fsp3) is 0.231. The van der Waals surface area contributed by atoms with E-state index >= 15 is 0 Å². The van der Waals surface area contributed by atoms with Gasteiger partial charge < -0.3 is 14.8 Å². The number of nitrogens with one attached hydrogen (secondary N) is 1. The fourth-order valence-corrected chi connectivity index (χ4v) is 4.87. The van der Waals surface area contributed by atoms with Crippen LogP contribution < -0.4 is 10.1 Å². The van der Waals surface area contributed by atoms with Gasteiger partial charge in [0.1, 0.15) is 5.75 Å². The van der Waals surface area contributed by atoms with Crippen LogP contribution in [0.4, 0.5) is 5.69 Å². The number of hydrogen-bond donors (Lipinski definition) is 1. The third kappa shape index (κ3) is 6.46. The van der Waals surface area contributed by atoms with Gasteiger partial charge in [0.25, 0.3) is 0 Å². The Morgan fingerprint density at radius 1 is 0.943 bits per heavy atom. The predicted molar refractivity (Wildman–Crippen MR) is 133 cm³/mol. The number of rotatable bonds is 10. The third-order valence-corrected chi connectivity index (χ3v) is 7.30. The number of benzene rings is 3. The number of esters is 1. The van der Waals surface area contributed by atoms with Crippen LogP contribution in [0.15, 0.2) is 83.8 Å². The van der Waals surface area contributed by atoms with Gasteiger partial charge in [-0.2, -0.15) is 4.31 Å². The average Bonchev–Trinajstić information content (AvgIpc) is 2.88. The molecule has 0 aliphatic rings. The van der Waals surface area contributed by atoms with Gasteiger partial charge in [0, 0.05) is 19.2 Å². The van der Waals surface area contributed by atoms with Gasteiger partial charge in [0.05, 0.1) is 30.2 Å². The van der Waals surface area contributed by atoms with E-state index in [9.17, 15) is 18.0 Å². The first kappa shape index (κ1) is 25.9. The molecule has 8 nitrogen and oxygen atoms in total. The Labute approximate surface area is 205 Å². The standard InChI is InChI=1S/C26H28N2O6S/c1-4-34-26(30)20-10-14-21(15-11-20)27-25(29)18-24(19-12-16-22(33-3)17-13-19)28(2)35(31,32)23-8-6-5-7-9-23/h5-17,24H,4,18H2,1-3H3,(H,27,29)/t24-/m0/s1. The van der Waals surface area contributed by atoms with Gasteiger partial charge in [0.2, 0.25) is 15.9 Å². The molecule has 0 spiro atoms. The second-order valence-corrected chi connectivity index (χ2v) is 9.67. The summed E-state index contributed by atoms with van der Waals surface area (Å²) in [4.78, 5) is 24.9. The quantitative estimate of drug-likeness (QED) is 0.421. The van der Waals surface area contributed by atoms with Crippen LogP contribution in [-0.4, -0.2) is 45.4 Å². The minimum Gasteiger partial charge on any atom is -0.497 e. The number of methoxy groups -OCH3 is 1. The molecule has 1 amide bonds. The molecule has 35 heavy (non-hydrogen) atoms. The Kier molecular flexibility index (Phi) is 8.62. The number of ether oxygens (including phenoxy) is 2. The maximum absolute atomic E-state index is 13.3. The number of carbonyl (C=O) groups excluding carboxylic acids is 2. The number of hydrogen-bond acceptors (Lipinski definition) is 6. The van der Waals surface area contributed by atoms with Crippen molar-refractivity contribution < 1.29 is 27.5 Å². The monoisotopic (exact) mass is 496 g/mol. The molecular weight excluding hydrogens is 468 g/mol. The van der Waals surface area contributed by atoms with Crippen molar-refractivity contribution in [3.05, 3.63) is 90.0 Å². The van der Waals surface area contributed by atoms with Crippen LogP contribution in [0, 0.1) is 0 Å². The van der Waals surface area contributed by atoms with Gasteiger partial charge in [-0.25, -0.2) is 13.2 Å². The van der Waals surface area contributed by atoms with Crippen molar-refractivity contribution in [3.8, 4) is 5.75 Å². The molecule has 0 aliphatic heterocycles. The molecule has 0 aromatic heterocycles. The molecule has 0 unspecified atom stereocenters. The minimum atomic E-state index is -3.87. The van der Waals surface area contributed by atoms with Gasteiger partial charge in [-0.05, 0) is 61.0 Å². The zero-order valence-electron chi connectivity index (χ0n) is 19.8. The van der Waals surface area contributed by atoms with Crippen molar-refractivity contribution in [1.29, 1.82) is 0 Å². The zero-order valence-corrected chi connectivity index (χ0v) is 20.6. The lowest BCUT2D eigenvalue weighted by molar-refractivity contribution is -0.117. The Bertz CT molecular complexity index is 1240.